The van der Waals surface area contributed by atoms with E-state index < -0.39 is 17.6 Å². The van der Waals surface area contributed by atoms with Gasteiger partial charge in [0.15, 0.2) is 0 Å². The number of carbonyl (C=O) groups excluding carboxylic acids is 2. The third-order valence-electron chi connectivity index (χ3n) is 2.89. The van der Waals surface area contributed by atoms with Crippen LogP contribution in [-0.2, 0) is 9.53 Å². The summed E-state index contributed by atoms with van der Waals surface area (Å²) in [7, 11) is 0. The lowest BCUT2D eigenvalue weighted by Gasteiger charge is -2.26. The zero-order valence-corrected chi connectivity index (χ0v) is 13.7. The minimum atomic E-state index is -0.655. The normalized spacial score (nSPS) is 12.9. The summed E-state index contributed by atoms with van der Waals surface area (Å²) in [5.74, 6) is -0.713. The van der Waals surface area contributed by atoms with Crippen molar-refractivity contribution in [3.05, 3.63) is 35.4 Å². The lowest BCUT2D eigenvalue weighted by molar-refractivity contribution is -0.158. The standard InChI is InChI=1S/C17H25NO3/c1-11(2)14(16(20)21-17(4,5)6)18-15(19)13-9-7-8-12(3)10-13/h7-11,14H,1-6H3,(H,18,19)/t14-/m1/s1. The maximum Gasteiger partial charge on any atom is 0.329 e. The number of ether oxygens (including phenoxy) is 1. The first-order chi connectivity index (χ1) is 9.60. The minimum Gasteiger partial charge on any atom is -0.458 e. The predicted octanol–water partition coefficient (Wildman–Crippen LogP) is 3.09. The average molecular weight is 291 g/mol. The Morgan fingerprint density at radius 3 is 2.29 bits per heavy atom. The first-order valence-electron chi connectivity index (χ1n) is 7.20. The Labute approximate surface area is 126 Å². The smallest absolute Gasteiger partial charge is 0.329 e. The second-order valence-corrected chi connectivity index (χ2v) is 6.60. The number of rotatable bonds is 4. The molecular weight excluding hydrogens is 266 g/mol. The number of aryl methyl sites for hydroxylation is 1. The molecule has 21 heavy (non-hydrogen) atoms. The molecular formula is C17H25NO3. The van der Waals surface area contributed by atoms with Gasteiger partial charge in [-0.2, -0.15) is 0 Å². The molecule has 1 rings (SSSR count). The first-order valence-corrected chi connectivity index (χ1v) is 7.20. The average Bonchev–Trinajstić information content (AvgIpc) is 2.32. The number of nitrogens with one attached hydrogen (secondary N) is 1. The lowest BCUT2D eigenvalue weighted by Crippen LogP contribution is -2.47. The van der Waals surface area contributed by atoms with E-state index >= 15 is 0 Å². The predicted molar refractivity (Wildman–Crippen MR) is 83.1 cm³/mol. The number of hydrogen-bond donors (Lipinski definition) is 1. The molecule has 0 aliphatic heterocycles. The van der Waals surface area contributed by atoms with Gasteiger partial charge in [0, 0.05) is 5.56 Å². The molecule has 0 aromatic heterocycles. The van der Waals surface area contributed by atoms with Gasteiger partial charge in [-0.25, -0.2) is 4.79 Å². The van der Waals surface area contributed by atoms with Crippen LogP contribution < -0.4 is 5.32 Å². The van der Waals surface area contributed by atoms with Gasteiger partial charge < -0.3 is 10.1 Å². The molecule has 1 atom stereocenters. The highest BCUT2D eigenvalue weighted by Gasteiger charge is 2.29. The van der Waals surface area contributed by atoms with E-state index in [4.69, 9.17) is 4.74 Å². The third kappa shape index (κ3) is 5.58. The number of hydrogen-bond acceptors (Lipinski definition) is 3. The van der Waals surface area contributed by atoms with Crippen LogP contribution in [0.3, 0.4) is 0 Å². The quantitative estimate of drug-likeness (QED) is 0.867. The summed E-state index contributed by atoms with van der Waals surface area (Å²) >= 11 is 0. The van der Waals surface area contributed by atoms with Crippen molar-refractivity contribution in [2.24, 2.45) is 5.92 Å². The Morgan fingerprint density at radius 2 is 1.81 bits per heavy atom. The molecule has 1 aromatic carbocycles. The fourth-order valence-electron chi connectivity index (χ4n) is 1.87. The molecule has 1 aromatic rings. The topological polar surface area (TPSA) is 55.4 Å². The highest BCUT2D eigenvalue weighted by Crippen LogP contribution is 2.13. The molecule has 0 unspecified atom stereocenters. The van der Waals surface area contributed by atoms with Gasteiger partial charge in [0.05, 0.1) is 0 Å². The molecule has 0 saturated carbocycles. The van der Waals surface area contributed by atoms with Gasteiger partial charge in [-0.1, -0.05) is 31.5 Å². The Morgan fingerprint density at radius 1 is 1.19 bits per heavy atom. The van der Waals surface area contributed by atoms with Gasteiger partial charge in [0.1, 0.15) is 11.6 Å². The molecule has 0 aliphatic carbocycles. The van der Waals surface area contributed by atoms with Crippen molar-refractivity contribution >= 4 is 11.9 Å². The molecule has 0 radical (unpaired) electrons. The zero-order valence-electron chi connectivity index (χ0n) is 13.7. The maximum atomic E-state index is 12.3. The summed E-state index contributed by atoms with van der Waals surface area (Å²) in [5.41, 5.74) is 0.975. The summed E-state index contributed by atoms with van der Waals surface area (Å²) in [6.07, 6.45) is 0. The van der Waals surface area contributed by atoms with Gasteiger partial charge in [0.2, 0.25) is 0 Å². The zero-order chi connectivity index (χ0) is 16.2. The summed E-state index contributed by atoms with van der Waals surface area (Å²) in [6.45, 7) is 11.1. The van der Waals surface area contributed by atoms with Crippen molar-refractivity contribution in [2.75, 3.05) is 0 Å². The Hall–Kier alpha value is -1.84. The van der Waals surface area contributed by atoms with Crippen LogP contribution in [0.15, 0.2) is 24.3 Å². The molecule has 0 saturated heterocycles. The van der Waals surface area contributed by atoms with Gasteiger partial charge in [-0.05, 0) is 45.7 Å². The summed E-state index contributed by atoms with van der Waals surface area (Å²) in [6, 6.07) is 6.61. The van der Waals surface area contributed by atoms with E-state index in [9.17, 15) is 9.59 Å². The molecule has 116 valence electrons. The Balaban J connectivity index is 2.84. The van der Waals surface area contributed by atoms with Crippen LogP contribution >= 0.6 is 0 Å². The van der Waals surface area contributed by atoms with Crippen molar-refractivity contribution < 1.29 is 14.3 Å². The molecule has 0 heterocycles. The fourth-order valence-corrected chi connectivity index (χ4v) is 1.87. The number of carbonyl (C=O) groups is 2. The SMILES string of the molecule is Cc1cccc(C(=O)N[C@@H](C(=O)OC(C)(C)C)C(C)C)c1. The van der Waals surface area contributed by atoms with E-state index in [1.54, 1.807) is 12.1 Å². The van der Waals surface area contributed by atoms with Crippen LogP contribution in [0.2, 0.25) is 0 Å². The maximum absolute atomic E-state index is 12.3. The van der Waals surface area contributed by atoms with E-state index in [1.165, 1.54) is 0 Å². The fraction of sp³-hybridized carbons (Fsp3) is 0.529. The van der Waals surface area contributed by atoms with Gasteiger partial charge in [-0.3, -0.25) is 4.79 Å². The Kier molecular flexibility index (Phi) is 5.53. The molecule has 0 fully saturated rings. The highest BCUT2D eigenvalue weighted by molar-refractivity contribution is 5.97. The van der Waals surface area contributed by atoms with Crippen molar-refractivity contribution in [3.63, 3.8) is 0 Å². The number of benzene rings is 1. The van der Waals surface area contributed by atoms with E-state index in [1.807, 2.05) is 53.7 Å². The summed E-state index contributed by atoms with van der Waals surface area (Å²) in [4.78, 5) is 24.5. The summed E-state index contributed by atoms with van der Waals surface area (Å²) in [5, 5.41) is 2.77. The number of esters is 1. The van der Waals surface area contributed by atoms with E-state index in [2.05, 4.69) is 5.32 Å². The Bertz CT molecular complexity index is 515. The van der Waals surface area contributed by atoms with Crippen LogP contribution in [0.4, 0.5) is 0 Å². The van der Waals surface area contributed by atoms with Crippen molar-refractivity contribution in [3.8, 4) is 0 Å². The molecule has 1 amide bonds. The second kappa shape index (κ2) is 6.74. The van der Waals surface area contributed by atoms with Crippen LogP contribution in [0, 0.1) is 12.8 Å². The van der Waals surface area contributed by atoms with Gasteiger partial charge in [-0.15, -0.1) is 0 Å². The van der Waals surface area contributed by atoms with Crippen LogP contribution in [-0.4, -0.2) is 23.5 Å². The van der Waals surface area contributed by atoms with Crippen molar-refractivity contribution in [2.45, 2.75) is 53.2 Å². The molecule has 4 nitrogen and oxygen atoms in total. The molecule has 0 spiro atoms. The third-order valence-corrected chi connectivity index (χ3v) is 2.89. The largest absolute Gasteiger partial charge is 0.458 e. The number of amides is 1. The second-order valence-electron chi connectivity index (χ2n) is 6.60. The van der Waals surface area contributed by atoms with E-state index in [0.29, 0.717) is 5.56 Å². The van der Waals surface area contributed by atoms with Crippen LogP contribution in [0.25, 0.3) is 0 Å². The molecule has 0 bridgehead atoms. The van der Waals surface area contributed by atoms with Gasteiger partial charge in [0.25, 0.3) is 5.91 Å². The lowest BCUT2D eigenvalue weighted by atomic mass is 10.0. The van der Waals surface area contributed by atoms with E-state index in [-0.39, 0.29) is 11.8 Å². The van der Waals surface area contributed by atoms with Crippen LogP contribution in [0.5, 0.6) is 0 Å². The molecule has 1 N–H and O–H groups in total. The van der Waals surface area contributed by atoms with Crippen molar-refractivity contribution in [1.29, 1.82) is 0 Å². The molecule has 0 aliphatic rings. The summed E-state index contributed by atoms with van der Waals surface area (Å²) < 4.78 is 5.37. The van der Waals surface area contributed by atoms with Crippen molar-refractivity contribution in [1.82, 2.24) is 5.32 Å². The van der Waals surface area contributed by atoms with Crippen LogP contribution in [0.1, 0.15) is 50.5 Å². The first kappa shape index (κ1) is 17.2. The highest BCUT2D eigenvalue weighted by atomic mass is 16.6. The van der Waals surface area contributed by atoms with Gasteiger partial charge >= 0.3 is 5.97 Å². The van der Waals surface area contributed by atoms with E-state index in [0.717, 1.165) is 5.56 Å². The minimum absolute atomic E-state index is 0.0476. The molecule has 4 heteroatoms. The monoisotopic (exact) mass is 291 g/mol.